The van der Waals surface area contributed by atoms with Gasteiger partial charge in [0, 0.05) is 6.54 Å². The van der Waals surface area contributed by atoms with Crippen LogP contribution in [-0.2, 0) is 11.2 Å². The Kier molecular flexibility index (Phi) is 7.75. The zero-order chi connectivity index (χ0) is 15.7. The van der Waals surface area contributed by atoms with Gasteiger partial charge in [-0.1, -0.05) is 36.8 Å². The summed E-state index contributed by atoms with van der Waals surface area (Å²) in [4.78, 5) is 0. The van der Waals surface area contributed by atoms with Crippen molar-refractivity contribution in [2.45, 2.75) is 32.9 Å². The lowest BCUT2D eigenvalue weighted by Gasteiger charge is -2.18. The molecule has 1 unspecified atom stereocenters. The maximum absolute atomic E-state index is 12.1. The largest absolute Gasteiger partial charge is 0.411 e. The molecule has 0 amide bonds. The van der Waals surface area contributed by atoms with Gasteiger partial charge in [-0.05, 0) is 37.8 Å². The highest BCUT2D eigenvalue weighted by Gasteiger charge is 2.27. The summed E-state index contributed by atoms with van der Waals surface area (Å²) in [6.45, 7) is 4.54. The highest BCUT2D eigenvalue weighted by molar-refractivity contribution is 5.21. The fourth-order valence-electron chi connectivity index (χ4n) is 2.07. The molecule has 0 aliphatic carbocycles. The van der Waals surface area contributed by atoms with E-state index in [4.69, 9.17) is 4.74 Å². The van der Waals surface area contributed by atoms with Gasteiger partial charge in [-0.15, -0.1) is 0 Å². The second kappa shape index (κ2) is 9.05. The molecule has 2 nitrogen and oxygen atoms in total. The molecule has 0 radical (unpaired) electrons. The normalized spacial score (nSPS) is 13.4. The van der Waals surface area contributed by atoms with Crippen molar-refractivity contribution in [1.82, 2.24) is 5.32 Å². The smallest absolute Gasteiger partial charge is 0.372 e. The van der Waals surface area contributed by atoms with E-state index in [0.717, 1.165) is 24.9 Å². The first-order valence-corrected chi connectivity index (χ1v) is 7.31. The number of hydrogen-bond acceptors (Lipinski definition) is 2. The topological polar surface area (TPSA) is 21.3 Å². The molecule has 0 bridgehead atoms. The summed E-state index contributed by atoms with van der Waals surface area (Å²) in [6, 6.07) is 8.07. The number of nitrogens with one attached hydrogen (secondary N) is 1. The molecule has 0 aliphatic heterocycles. The Morgan fingerprint density at radius 1 is 1.19 bits per heavy atom. The molecular weight excluding hydrogens is 279 g/mol. The van der Waals surface area contributed by atoms with Crippen molar-refractivity contribution in [3.8, 4) is 0 Å². The Balaban J connectivity index is 2.48. The molecular formula is C16H24F3NO. The molecule has 1 aromatic rings. The Morgan fingerprint density at radius 2 is 1.86 bits per heavy atom. The maximum Gasteiger partial charge on any atom is 0.411 e. The van der Waals surface area contributed by atoms with E-state index in [-0.39, 0.29) is 12.5 Å². The van der Waals surface area contributed by atoms with Gasteiger partial charge >= 0.3 is 6.18 Å². The molecule has 0 aliphatic rings. The van der Waals surface area contributed by atoms with Gasteiger partial charge in [-0.2, -0.15) is 13.2 Å². The lowest BCUT2D eigenvalue weighted by atomic mass is 9.99. The molecule has 0 saturated heterocycles. The Bertz CT molecular complexity index is 390. The predicted octanol–water partition coefficient (Wildman–Crippen LogP) is 3.73. The number of rotatable bonds is 9. The van der Waals surface area contributed by atoms with Crippen molar-refractivity contribution in [3.63, 3.8) is 0 Å². The number of aryl methyl sites for hydroxylation is 1. The van der Waals surface area contributed by atoms with Gasteiger partial charge in [-0.25, -0.2) is 0 Å². The van der Waals surface area contributed by atoms with Gasteiger partial charge in [0.05, 0.1) is 6.61 Å². The van der Waals surface area contributed by atoms with Crippen molar-refractivity contribution in [1.29, 1.82) is 0 Å². The van der Waals surface area contributed by atoms with Crippen LogP contribution < -0.4 is 5.32 Å². The highest BCUT2D eigenvalue weighted by atomic mass is 19.4. The van der Waals surface area contributed by atoms with Crippen LogP contribution in [0.3, 0.4) is 0 Å². The van der Waals surface area contributed by atoms with Crippen LogP contribution in [0.4, 0.5) is 13.2 Å². The lowest BCUT2D eigenvalue weighted by Crippen LogP contribution is -2.30. The Morgan fingerprint density at radius 3 is 2.43 bits per heavy atom. The summed E-state index contributed by atoms with van der Waals surface area (Å²) >= 11 is 0. The third-order valence-electron chi connectivity index (χ3n) is 3.12. The first kappa shape index (κ1) is 18.0. The zero-order valence-corrected chi connectivity index (χ0v) is 12.7. The predicted molar refractivity (Wildman–Crippen MR) is 78.4 cm³/mol. The third kappa shape index (κ3) is 8.73. The van der Waals surface area contributed by atoms with Crippen LogP contribution in [0.25, 0.3) is 0 Å². The van der Waals surface area contributed by atoms with E-state index in [9.17, 15) is 13.2 Å². The summed E-state index contributed by atoms with van der Waals surface area (Å²) in [5, 5.41) is 3.25. The Labute approximate surface area is 124 Å². The molecule has 120 valence electrons. The molecule has 5 heteroatoms. The molecule has 0 spiro atoms. The van der Waals surface area contributed by atoms with E-state index in [1.165, 1.54) is 5.56 Å². The van der Waals surface area contributed by atoms with Gasteiger partial charge in [0.25, 0.3) is 0 Å². The minimum Gasteiger partial charge on any atom is -0.372 e. The second-order valence-electron chi connectivity index (χ2n) is 5.39. The van der Waals surface area contributed by atoms with Gasteiger partial charge < -0.3 is 10.1 Å². The summed E-state index contributed by atoms with van der Waals surface area (Å²) in [6.07, 6.45) is -2.54. The minimum absolute atomic E-state index is 0.0432. The third-order valence-corrected chi connectivity index (χ3v) is 3.12. The summed E-state index contributed by atoms with van der Waals surface area (Å²) in [5.74, 6) is 0.0432. The average Bonchev–Trinajstić information content (AvgIpc) is 2.40. The van der Waals surface area contributed by atoms with E-state index >= 15 is 0 Å². The number of ether oxygens (including phenoxy) is 1. The lowest BCUT2D eigenvalue weighted by molar-refractivity contribution is -0.176. The van der Waals surface area contributed by atoms with Crippen LogP contribution in [0.5, 0.6) is 0 Å². The highest BCUT2D eigenvalue weighted by Crippen LogP contribution is 2.16. The number of hydrogen-bond donors (Lipinski definition) is 1. The maximum atomic E-state index is 12.1. The fourth-order valence-corrected chi connectivity index (χ4v) is 2.07. The molecule has 1 N–H and O–H groups in total. The molecule has 0 saturated carbocycles. The van der Waals surface area contributed by atoms with Crippen LogP contribution in [0, 0.1) is 12.8 Å². The van der Waals surface area contributed by atoms with E-state index < -0.39 is 12.8 Å². The van der Waals surface area contributed by atoms with Crippen molar-refractivity contribution in [3.05, 3.63) is 35.4 Å². The summed E-state index contributed by atoms with van der Waals surface area (Å²) in [7, 11) is 0. The monoisotopic (exact) mass is 303 g/mol. The van der Waals surface area contributed by atoms with Crippen molar-refractivity contribution >= 4 is 0 Å². The molecule has 0 aromatic heterocycles. The van der Waals surface area contributed by atoms with Gasteiger partial charge in [0.2, 0.25) is 0 Å². The van der Waals surface area contributed by atoms with E-state index in [1.54, 1.807) is 0 Å². The SMILES string of the molecule is CCCNCC(COCC(F)(F)F)Cc1ccc(C)cc1. The molecule has 1 atom stereocenters. The molecule has 21 heavy (non-hydrogen) atoms. The van der Waals surface area contributed by atoms with Crippen molar-refractivity contribution in [2.24, 2.45) is 5.92 Å². The number of alkyl halides is 3. The summed E-state index contributed by atoms with van der Waals surface area (Å²) < 4.78 is 41.3. The standard InChI is InChI=1S/C16H24F3NO/c1-3-8-20-10-15(11-21-12-16(17,18)19)9-14-6-4-13(2)5-7-14/h4-7,15,20H,3,8-12H2,1-2H3. The molecule has 0 fully saturated rings. The van der Waals surface area contributed by atoms with Crippen LogP contribution in [0.2, 0.25) is 0 Å². The van der Waals surface area contributed by atoms with Crippen molar-refractivity contribution < 1.29 is 17.9 Å². The second-order valence-corrected chi connectivity index (χ2v) is 5.39. The molecule has 1 rings (SSSR count). The van der Waals surface area contributed by atoms with Crippen LogP contribution >= 0.6 is 0 Å². The van der Waals surface area contributed by atoms with E-state index in [2.05, 4.69) is 12.2 Å². The van der Waals surface area contributed by atoms with Crippen molar-refractivity contribution in [2.75, 3.05) is 26.3 Å². The molecule has 1 aromatic carbocycles. The first-order chi connectivity index (χ1) is 9.90. The van der Waals surface area contributed by atoms with Crippen LogP contribution in [-0.4, -0.2) is 32.5 Å². The summed E-state index contributed by atoms with van der Waals surface area (Å²) in [5.41, 5.74) is 2.30. The van der Waals surface area contributed by atoms with E-state index in [1.807, 2.05) is 31.2 Å². The number of benzene rings is 1. The number of halogens is 3. The fraction of sp³-hybridized carbons (Fsp3) is 0.625. The van der Waals surface area contributed by atoms with Crippen LogP contribution in [0.15, 0.2) is 24.3 Å². The quantitative estimate of drug-likeness (QED) is 0.702. The zero-order valence-electron chi connectivity index (χ0n) is 12.7. The first-order valence-electron chi connectivity index (χ1n) is 7.31. The van der Waals surface area contributed by atoms with Gasteiger partial charge in [0.1, 0.15) is 6.61 Å². The van der Waals surface area contributed by atoms with Crippen LogP contribution in [0.1, 0.15) is 24.5 Å². The van der Waals surface area contributed by atoms with Gasteiger partial charge in [0.15, 0.2) is 0 Å². The minimum atomic E-state index is -4.26. The average molecular weight is 303 g/mol. The Hall–Kier alpha value is -1.07. The van der Waals surface area contributed by atoms with E-state index in [0.29, 0.717) is 6.54 Å². The van der Waals surface area contributed by atoms with Gasteiger partial charge in [-0.3, -0.25) is 0 Å². The molecule has 0 heterocycles.